The molecule has 250 valence electrons. The van der Waals surface area contributed by atoms with Gasteiger partial charge in [-0.15, -0.1) is 0 Å². The van der Waals surface area contributed by atoms with Crippen LogP contribution in [0.3, 0.4) is 0 Å². The molecule has 0 saturated heterocycles. The number of aromatic nitrogens is 2. The predicted molar refractivity (Wildman–Crippen MR) is 224 cm³/mol. The lowest BCUT2D eigenvalue weighted by atomic mass is 9.82. The van der Waals surface area contributed by atoms with Crippen LogP contribution in [0, 0.1) is 0 Å². The van der Waals surface area contributed by atoms with Gasteiger partial charge in [0.15, 0.2) is 0 Å². The fourth-order valence-electron chi connectivity index (χ4n) is 9.15. The molecule has 1 aliphatic carbocycles. The van der Waals surface area contributed by atoms with E-state index in [4.69, 9.17) is 0 Å². The first kappa shape index (κ1) is 30.0. The Morgan fingerprint density at radius 1 is 0.321 bits per heavy atom. The van der Waals surface area contributed by atoms with Crippen molar-refractivity contribution in [3.63, 3.8) is 0 Å². The Morgan fingerprint density at radius 3 is 1.51 bits per heavy atom. The van der Waals surface area contributed by atoms with Gasteiger partial charge in [0.25, 0.3) is 0 Å². The van der Waals surface area contributed by atoms with Crippen LogP contribution in [0.1, 0.15) is 25.0 Å². The van der Waals surface area contributed by atoms with Gasteiger partial charge in [-0.05, 0) is 99.1 Å². The molecule has 10 aromatic rings. The van der Waals surface area contributed by atoms with Crippen molar-refractivity contribution < 1.29 is 0 Å². The maximum Gasteiger partial charge on any atom is 0.0548 e. The van der Waals surface area contributed by atoms with E-state index in [0.29, 0.717) is 0 Å². The minimum absolute atomic E-state index is 0.0241. The molecule has 2 heterocycles. The van der Waals surface area contributed by atoms with E-state index >= 15 is 0 Å². The zero-order valence-electron chi connectivity index (χ0n) is 29.7. The summed E-state index contributed by atoms with van der Waals surface area (Å²) in [7, 11) is 0. The summed E-state index contributed by atoms with van der Waals surface area (Å²) in [6.45, 7) is 4.70. The molecule has 53 heavy (non-hydrogen) atoms. The average Bonchev–Trinajstić information content (AvgIpc) is 3.80. The van der Waals surface area contributed by atoms with E-state index in [2.05, 4.69) is 205 Å². The van der Waals surface area contributed by atoms with Gasteiger partial charge in [-0.25, -0.2) is 0 Å². The number of rotatable bonds is 4. The SMILES string of the molecule is CC1(C)c2ccccc2-c2cc(-n3c4ccccc4c4cc5c(cc43)c3ccccc3n5-c3ccc(-c4cccc(-c5ccccc5)c4)cc3)ccc21. The fourth-order valence-corrected chi connectivity index (χ4v) is 9.15. The highest BCUT2D eigenvalue weighted by atomic mass is 15.0. The predicted octanol–water partition coefficient (Wildman–Crippen LogP) is 13.5. The first-order chi connectivity index (χ1) is 26.0. The van der Waals surface area contributed by atoms with Crippen molar-refractivity contribution in [2.45, 2.75) is 19.3 Å². The monoisotopic (exact) mass is 676 g/mol. The molecule has 0 spiro atoms. The molecule has 0 N–H and O–H groups in total. The highest BCUT2D eigenvalue weighted by molar-refractivity contribution is 6.19. The Morgan fingerprint density at radius 2 is 0.830 bits per heavy atom. The summed E-state index contributed by atoms with van der Waals surface area (Å²) in [5.74, 6) is 0. The van der Waals surface area contributed by atoms with E-state index in [9.17, 15) is 0 Å². The molecule has 0 aliphatic heterocycles. The average molecular weight is 677 g/mol. The number of benzene rings is 8. The topological polar surface area (TPSA) is 9.86 Å². The van der Waals surface area contributed by atoms with Gasteiger partial charge in [-0.2, -0.15) is 0 Å². The van der Waals surface area contributed by atoms with Crippen molar-refractivity contribution in [3.8, 4) is 44.8 Å². The zero-order chi connectivity index (χ0) is 35.3. The second-order valence-corrected chi connectivity index (χ2v) is 15.0. The van der Waals surface area contributed by atoms with E-state index in [-0.39, 0.29) is 5.41 Å². The first-order valence-electron chi connectivity index (χ1n) is 18.5. The number of hydrogen-bond donors (Lipinski definition) is 0. The summed E-state index contributed by atoms with van der Waals surface area (Å²) in [4.78, 5) is 0. The number of fused-ring (bicyclic) bond motifs is 9. The van der Waals surface area contributed by atoms with Gasteiger partial charge in [0.2, 0.25) is 0 Å². The van der Waals surface area contributed by atoms with Crippen molar-refractivity contribution >= 4 is 43.6 Å². The molecule has 0 fully saturated rings. The zero-order valence-corrected chi connectivity index (χ0v) is 29.7. The van der Waals surface area contributed by atoms with Gasteiger partial charge in [0.1, 0.15) is 0 Å². The maximum absolute atomic E-state index is 2.47. The highest BCUT2D eigenvalue weighted by Gasteiger charge is 2.35. The normalized spacial score (nSPS) is 13.2. The summed E-state index contributed by atoms with van der Waals surface area (Å²) < 4.78 is 4.91. The number of para-hydroxylation sites is 2. The molecule has 0 bridgehead atoms. The van der Waals surface area contributed by atoms with Crippen LogP contribution in [0.15, 0.2) is 182 Å². The molecule has 2 heteroatoms. The van der Waals surface area contributed by atoms with E-state index < -0.39 is 0 Å². The van der Waals surface area contributed by atoms with E-state index in [1.807, 2.05) is 0 Å². The highest BCUT2D eigenvalue weighted by Crippen LogP contribution is 2.49. The third-order valence-corrected chi connectivity index (χ3v) is 11.7. The maximum atomic E-state index is 2.47. The molecule has 0 saturated carbocycles. The largest absolute Gasteiger partial charge is 0.309 e. The van der Waals surface area contributed by atoms with Crippen LogP contribution in [0.25, 0.3) is 88.4 Å². The van der Waals surface area contributed by atoms with Crippen LogP contribution >= 0.6 is 0 Å². The summed E-state index contributed by atoms with van der Waals surface area (Å²) in [5, 5.41) is 5.03. The quantitative estimate of drug-likeness (QED) is 0.176. The summed E-state index contributed by atoms with van der Waals surface area (Å²) >= 11 is 0. The summed E-state index contributed by atoms with van der Waals surface area (Å²) in [6.07, 6.45) is 0. The standard InChI is InChI=1S/C51H36N2/c1-51(2)45-20-9-6-17-39(45)42-30-38(27-28-46(42)51)53-48-22-11-8-19-41(48)44-31-49-43(32-50(44)53)40-18-7-10-21-47(40)52(49)37-25-23-34(24-26-37)36-16-12-15-35(29-36)33-13-4-3-5-14-33/h3-32H,1-2H3. The third kappa shape index (κ3) is 4.39. The van der Waals surface area contributed by atoms with Gasteiger partial charge in [0, 0.05) is 38.3 Å². The molecular formula is C51H36N2. The molecular weight excluding hydrogens is 641 g/mol. The van der Waals surface area contributed by atoms with Crippen molar-refractivity contribution in [2.75, 3.05) is 0 Å². The van der Waals surface area contributed by atoms with Crippen LogP contribution in [0.2, 0.25) is 0 Å². The van der Waals surface area contributed by atoms with Gasteiger partial charge >= 0.3 is 0 Å². The number of hydrogen-bond acceptors (Lipinski definition) is 0. The molecule has 8 aromatic carbocycles. The Hall–Kier alpha value is -6.64. The molecule has 11 rings (SSSR count). The van der Waals surface area contributed by atoms with E-state index in [1.54, 1.807) is 0 Å². The first-order valence-corrected chi connectivity index (χ1v) is 18.5. The Balaban J connectivity index is 1.10. The lowest BCUT2D eigenvalue weighted by Crippen LogP contribution is -2.14. The van der Waals surface area contributed by atoms with Crippen LogP contribution in [-0.4, -0.2) is 9.13 Å². The molecule has 0 amide bonds. The van der Waals surface area contributed by atoms with Crippen LogP contribution in [-0.2, 0) is 5.41 Å². The van der Waals surface area contributed by atoms with Gasteiger partial charge < -0.3 is 9.13 Å². The lowest BCUT2D eigenvalue weighted by Gasteiger charge is -2.21. The molecule has 2 aromatic heterocycles. The molecule has 0 radical (unpaired) electrons. The van der Waals surface area contributed by atoms with Crippen LogP contribution < -0.4 is 0 Å². The minimum Gasteiger partial charge on any atom is -0.309 e. The molecule has 0 unspecified atom stereocenters. The van der Waals surface area contributed by atoms with E-state index in [1.165, 1.54) is 93.8 Å². The van der Waals surface area contributed by atoms with Crippen LogP contribution in [0.5, 0.6) is 0 Å². The Kier molecular flexibility index (Phi) is 6.33. The summed E-state index contributed by atoms with van der Waals surface area (Å²) in [5.41, 5.74) is 17.5. The number of nitrogens with zero attached hydrogens (tertiary/aromatic N) is 2. The summed E-state index contributed by atoms with van der Waals surface area (Å²) in [6, 6.07) is 67.1. The molecule has 2 nitrogen and oxygen atoms in total. The van der Waals surface area contributed by atoms with Crippen molar-refractivity contribution in [1.29, 1.82) is 0 Å². The van der Waals surface area contributed by atoms with Crippen molar-refractivity contribution in [2.24, 2.45) is 0 Å². The van der Waals surface area contributed by atoms with Gasteiger partial charge in [-0.1, -0.05) is 141 Å². The van der Waals surface area contributed by atoms with Gasteiger partial charge in [-0.3, -0.25) is 0 Å². The Bertz CT molecular complexity index is 3060. The fraction of sp³-hybridized carbons (Fsp3) is 0.0588. The van der Waals surface area contributed by atoms with Crippen molar-refractivity contribution in [1.82, 2.24) is 9.13 Å². The molecule has 1 aliphatic rings. The van der Waals surface area contributed by atoms with Gasteiger partial charge in [0.05, 0.1) is 22.1 Å². The second-order valence-electron chi connectivity index (χ2n) is 15.0. The third-order valence-electron chi connectivity index (χ3n) is 11.7. The smallest absolute Gasteiger partial charge is 0.0548 e. The van der Waals surface area contributed by atoms with E-state index in [0.717, 1.165) is 5.69 Å². The lowest BCUT2D eigenvalue weighted by molar-refractivity contribution is 0.660. The van der Waals surface area contributed by atoms with Crippen LogP contribution in [0.4, 0.5) is 0 Å². The molecule has 0 atom stereocenters. The Labute approximate surface area is 308 Å². The second kappa shape index (κ2) is 11.2. The minimum atomic E-state index is -0.0241. The van der Waals surface area contributed by atoms with Crippen molar-refractivity contribution in [3.05, 3.63) is 193 Å².